The molecule has 1 aliphatic rings. The van der Waals surface area contributed by atoms with Crippen LogP contribution in [-0.2, 0) is 14.3 Å². The molecule has 5 heteroatoms. The van der Waals surface area contributed by atoms with E-state index in [0.29, 0.717) is 19.3 Å². The van der Waals surface area contributed by atoms with Gasteiger partial charge in [-0.1, -0.05) is 19.3 Å². The number of carboxylic acids is 1. The summed E-state index contributed by atoms with van der Waals surface area (Å²) < 4.78 is 5.58. The maximum atomic E-state index is 11.0. The molecule has 0 heterocycles. The summed E-state index contributed by atoms with van der Waals surface area (Å²) in [6, 6.07) is 0. The third-order valence-electron chi connectivity index (χ3n) is 2.64. The van der Waals surface area contributed by atoms with Crippen molar-refractivity contribution in [2.24, 2.45) is 0 Å². The Bertz CT molecular complexity index is 236. The fraction of sp³-hybridized carbons (Fsp3) is 0.818. The highest BCUT2D eigenvalue weighted by molar-refractivity contribution is 5.93. The lowest BCUT2D eigenvalue weighted by Crippen LogP contribution is -2.30. The molecule has 0 aromatic heterocycles. The second-order valence-electron chi connectivity index (χ2n) is 4.05. The number of aliphatic carboxylic acids is 1. The molecule has 2 N–H and O–H groups in total. The first-order chi connectivity index (χ1) is 7.68. The molecule has 1 amide bonds. The number of carbonyl (C=O) groups is 2. The highest BCUT2D eigenvalue weighted by atomic mass is 16.5. The van der Waals surface area contributed by atoms with Gasteiger partial charge in [-0.2, -0.15) is 0 Å². The topological polar surface area (TPSA) is 75.6 Å². The molecule has 16 heavy (non-hydrogen) atoms. The van der Waals surface area contributed by atoms with Gasteiger partial charge in [0.1, 0.15) is 6.42 Å². The van der Waals surface area contributed by atoms with Gasteiger partial charge in [0.15, 0.2) is 0 Å². The molecule has 0 aromatic rings. The van der Waals surface area contributed by atoms with Crippen molar-refractivity contribution in [3.8, 4) is 0 Å². The van der Waals surface area contributed by atoms with Crippen molar-refractivity contribution in [3.05, 3.63) is 0 Å². The minimum Gasteiger partial charge on any atom is -0.481 e. The Morgan fingerprint density at radius 1 is 1.25 bits per heavy atom. The van der Waals surface area contributed by atoms with E-state index in [1.165, 1.54) is 19.3 Å². The van der Waals surface area contributed by atoms with E-state index in [4.69, 9.17) is 9.84 Å². The van der Waals surface area contributed by atoms with Crippen LogP contribution in [0.1, 0.15) is 38.5 Å². The predicted octanol–water partition coefficient (Wildman–Crippen LogP) is 0.927. The van der Waals surface area contributed by atoms with E-state index in [-0.39, 0.29) is 0 Å². The summed E-state index contributed by atoms with van der Waals surface area (Å²) in [6.07, 6.45) is 5.78. The molecular weight excluding hydrogens is 210 g/mol. The first-order valence-electron chi connectivity index (χ1n) is 5.78. The van der Waals surface area contributed by atoms with Crippen molar-refractivity contribution in [1.29, 1.82) is 0 Å². The van der Waals surface area contributed by atoms with Crippen molar-refractivity contribution in [3.63, 3.8) is 0 Å². The van der Waals surface area contributed by atoms with Gasteiger partial charge in [0, 0.05) is 6.54 Å². The van der Waals surface area contributed by atoms with E-state index in [2.05, 4.69) is 5.32 Å². The predicted molar refractivity (Wildman–Crippen MR) is 58.1 cm³/mol. The van der Waals surface area contributed by atoms with Crippen LogP contribution in [0, 0.1) is 0 Å². The van der Waals surface area contributed by atoms with Crippen molar-refractivity contribution in [1.82, 2.24) is 5.32 Å². The summed E-state index contributed by atoms with van der Waals surface area (Å²) >= 11 is 0. The zero-order valence-corrected chi connectivity index (χ0v) is 9.41. The van der Waals surface area contributed by atoms with Crippen LogP contribution in [0.4, 0.5) is 0 Å². The van der Waals surface area contributed by atoms with Gasteiger partial charge in [-0.05, 0) is 12.8 Å². The van der Waals surface area contributed by atoms with Crippen LogP contribution >= 0.6 is 0 Å². The van der Waals surface area contributed by atoms with Gasteiger partial charge in [0.25, 0.3) is 0 Å². The highest BCUT2D eigenvalue weighted by Crippen LogP contribution is 2.19. The van der Waals surface area contributed by atoms with E-state index >= 15 is 0 Å². The van der Waals surface area contributed by atoms with E-state index < -0.39 is 18.3 Å². The summed E-state index contributed by atoms with van der Waals surface area (Å²) in [5, 5.41) is 10.9. The lowest BCUT2D eigenvalue weighted by atomic mass is 9.98. The molecule has 0 aromatic carbocycles. The average molecular weight is 229 g/mol. The summed E-state index contributed by atoms with van der Waals surface area (Å²) in [5.41, 5.74) is 0. The quantitative estimate of drug-likeness (QED) is 0.524. The van der Waals surface area contributed by atoms with Crippen LogP contribution in [-0.4, -0.2) is 36.2 Å². The van der Waals surface area contributed by atoms with Crippen LogP contribution < -0.4 is 5.32 Å². The summed E-state index contributed by atoms with van der Waals surface area (Å²) in [5.74, 6) is -1.56. The molecular formula is C11H19NO4. The molecule has 5 nitrogen and oxygen atoms in total. The van der Waals surface area contributed by atoms with Gasteiger partial charge in [-0.15, -0.1) is 0 Å². The van der Waals surface area contributed by atoms with Crippen molar-refractivity contribution in [2.75, 3.05) is 13.2 Å². The van der Waals surface area contributed by atoms with Crippen LogP contribution in [0.25, 0.3) is 0 Å². The molecule has 92 valence electrons. The van der Waals surface area contributed by atoms with Gasteiger partial charge >= 0.3 is 5.97 Å². The monoisotopic (exact) mass is 229 g/mol. The summed E-state index contributed by atoms with van der Waals surface area (Å²) in [6.45, 7) is 0.860. The van der Waals surface area contributed by atoms with E-state index in [1.54, 1.807) is 0 Å². The third kappa shape index (κ3) is 5.70. The number of amides is 1. The minimum absolute atomic E-state index is 0.324. The Morgan fingerprint density at radius 2 is 1.94 bits per heavy atom. The van der Waals surface area contributed by atoms with Crippen LogP contribution in [0.2, 0.25) is 0 Å². The molecule has 0 radical (unpaired) electrons. The zero-order chi connectivity index (χ0) is 11.8. The largest absolute Gasteiger partial charge is 0.481 e. The second-order valence-corrected chi connectivity index (χ2v) is 4.05. The first kappa shape index (κ1) is 13.0. The van der Waals surface area contributed by atoms with Gasteiger partial charge in [0.2, 0.25) is 5.91 Å². The first-order valence-corrected chi connectivity index (χ1v) is 5.78. The number of hydrogen-bond acceptors (Lipinski definition) is 3. The molecule has 1 aliphatic carbocycles. The maximum Gasteiger partial charge on any atom is 0.312 e. The molecule has 0 saturated heterocycles. The van der Waals surface area contributed by atoms with Crippen LogP contribution in [0.15, 0.2) is 0 Å². The molecule has 1 fully saturated rings. The SMILES string of the molecule is O=C(O)CC(=O)NCCOC1CCCCC1. The fourth-order valence-electron chi connectivity index (χ4n) is 1.85. The molecule has 0 aliphatic heterocycles. The Hall–Kier alpha value is -1.10. The maximum absolute atomic E-state index is 11.0. The third-order valence-corrected chi connectivity index (χ3v) is 2.64. The van der Waals surface area contributed by atoms with Gasteiger partial charge in [-0.3, -0.25) is 9.59 Å². The minimum atomic E-state index is -1.11. The molecule has 0 spiro atoms. The van der Waals surface area contributed by atoms with Gasteiger partial charge in [0.05, 0.1) is 12.7 Å². The normalized spacial score (nSPS) is 17.0. The second kappa shape index (κ2) is 7.22. The van der Waals surface area contributed by atoms with Gasteiger partial charge in [-0.25, -0.2) is 0 Å². The molecule has 1 rings (SSSR count). The van der Waals surface area contributed by atoms with E-state index in [9.17, 15) is 9.59 Å². The lowest BCUT2D eigenvalue weighted by molar-refractivity contribution is -0.140. The van der Waals surface area contributed by atoms with Gasteiger partial charge < -0.3 is 15.2 Å². The van der Waals surface area contributed by atoms with Crippen molar-refractivity contribution < 1.29 is 19.4 Å². The van der Waals surface area contributed by atoms with Crippen LogP contribution in [0.3, 0.4) is 0 Å². The standard InChI is InChI=1S/C11H19NO4/c13-10(8-11(14)15)12-6-7-16-9-4-2-1-3-5-9/h9H,1-8H2,(H,12,13)(H,14,15). The number of ether oxygens (including phenoxy) is 1. The van der Waals surface area contributed by atoms with E-state index in [1.807, 2.05) is 0 Å². The summed E-state index contributed by atoms with van der Waals surface area (Å²) in [4.78, 5) is 21.2. The molecule has 0 unspecified atom stereocenters. The smallest absolute Gasteiger partial charge is 0.312 e. The van der Waals surface area contributed by atoms with Crippen LogP contribution in [0.5, 0.6) is 0 Å². The molecule has 0 atom stereocenters. The zero-order valence-electron chi connectivity index (χ0n) is 9.41. The van der Waals surface area contributed by atoms with Crippen molar-refractivity contribution in [2.45, 2.75) is 44.6 Å². The Kier molecular flexibility index (Phi) is 5.85. The number of nitrogens with one attached hydrogen (secondary N) is 1. The Balaban J connectivity index is 1.98. The average Bonchev–Trinajstić information content (AvgIpc) is 2.25. The fourth-order valence-corrected chi connectivity index (χ4v) is 1.85. The van der Waals surface area contributed by atoms with E-state index in [0.717, 1.165) is 12.8 Å². The number of hydrogen-bond donors (Lipinski definition) is 2. The highest BCUT2D eigenvalue weighted by Gasteiger charge is 2.13. The number of carboxylic acid groups (broad SMARTS) is 1. The number of carbonyl (C=O) groups excluding carboxylic acids is 1. The number of rotatable bonds is 6. The Morgan fingerprint density at radius 3 is 2.56 bits per heavy atom. The molecule has 1 saturated carbocycles. The molecule has 0 bridgehead atoms. The Labute approximate surface area is 95.2 Å². The lowest BCUT2D eigenvalue weighted by Gasteiger charge is -2.21. The summed E-state index contributed by atoms with van der Waals surface area (Å²) in [7, 11) is 0. The van der Waals surface area contributed by atoms with Crippen molar-refractivity contribution >= 4 is 11.9 Å².